The van der Waals surface area contributed by atoms with E-state index in [1.54, 1.807) is 6.20 Å². The van der Waals surface area contributed by atoms with Gasteiger partial charge in [-0.25, -0.2) is 14.4 Å². The fourth-order valence-electron chi connectivity index (χ4n) is 4.77. The average molecular weight is 536 g/mol. The highest BCUT2D eigenvalue weighted by molar-refractivity contribution is 7.18. The zero-order chi connectivity index (χ0) is 25.7. The Balaban J connectivity index is 1.19. The van der Waals surface area contributed by atoms with Gasteiger partial charge < -0.3 is 15.4 Å². The van der Waals surface area contributed by atoms with Crippen molar-refractivity contribution in [3.05, 3.63) is 54.2 Å². The number of alkyl halides is 1. The molecule has 2 N–H and O–H groups in total. The molecular weight excluding hydrogens is 505 g/mol. The van der Waals surface area contributed by atoms with Gasteiger partial charge >= 0.3 is 0 Å². The summed E-state index contributed by atoms with van der Waals surface area (Å²) in [4.78, 5) is 14.0. The molecule has 0 amide bonds. The second-order valence-electron chi connectivity index (χ2n) is 9.62. The Kier molecular flexibility index (Phi) is 7.52. The van der Waals surface area contributed by atoms with Crippen LogP contribution in [0.4, 0.5) is 21.2 Å². The van der Waals surface area contributed by atoms with Crippen LogP contribution in [-0.4, -0.2) is 73.6 Å². The molecule has 1 saturated carbocycles. The number of anilines is 3. The maximum absolute atomic E-state index is 13.7. The molecule has 38 heavy (non-hydrogen) atoms. The maximum Gasteiger partial charge on any atom is 0.216 e. The van der Waals surface area contributed by atoms with Crippen molar-refractivity contribution < 1.29 is 9.13 Å². The van der Waals surface area contributed by atoms with Gasteiger partial charge in [0.1, 0.15) is 17.8 Å². The van der Waals surface area contributed by atoms with Crippen LogP contribution in [0.1, 0.15) is 31.2 Å². The summed E-state index contributed by atoms with van der Waals surface area (Å²) in [5.74, 6) is 2.02. The summed E-state index contributed by atoms with van der Waals surface area (Å²) in [6.45, 7) is 4.11. The zero-order valence-electron chi connectivity index (χ0n) is 21.0. The van der Waals surface area contributed by atoms with Crippen molar-refractivity contribution in [2.75, 3.05) is 36.9 Å². The fraction of sp³-hybridized carbons (Fsp3) is 0.423. The average Bonchev–Trinajstić information content (AvgIpc) is 3.61. The second kappa shape index (κ2) is 11.5. The number of thiazole rings is 1. The summed E-state index contributed by atoms with van der Waals surface area (Å²) in [7, 11) is 0. The van der Waals surface area contributed by atoms with Gasteiger partial charge in [0.15, 0.2) is 5.13 Å². The SMILES string of the molecule is F[C@H]1CC[C@H](Nc2cc(CN3CCOCC3)cc(Nc3ncc(-c4nnn(-c5ccccc5)n4)s3)n2)CC1. The molecule has 0 spiro atoms. The Morgan fingerprint density at radius 2 is 1.82 bits per heavy atom. The van der Waals surface area contributed by atoms with E-state index in [1.807, 2.05) is 30.3 Å². The first-order valence-electron chi connectivity index (χ1n) is 13.0. The number of morpholine rings is 1. The van der Waals surface area contributed by atoms with Crippen LogP contribution in [0.5, 0.6) is 0 Å². The van der Waals surface area contributed by atoms with Crippen molar-refractivity contribution in [2.24, 2.45) is 0 Å². The predicted molar refractivity (Wildman–Crippen MR) is 145 cm³/mol. The lowest BCUT2D eigenvalue weighted by molar-refractivity contribution is 0.0342. The third-order valence-electron chi connectivity index (χ3n) is 6.77. The van der Waals surface area contributed by atoms with Gasteiger partial charge in [-0.2, -0.15) is 0 Å². The Morgan fingerprint density at radius 3 is 2.63 bits per heavy atom. The molecule has 2 aliphatic rings. The largest absolute Gasteiger partial charge is 0.379 e. The topological polar surface area (TPSA) is 106 Å². The number of para-hydroxylation sites is 1. The molecule has 4 aromatic rings. The van der Waals surface area contributed by atoms with Crippen molar-refractivity contribution in [1.82, 2.24) is 35.1 Å². The molecule has 0 bridgehead atoms. The van der Waals surface area contributed by atoms with Crippen molar-refractivity contribution in [1.29, 1.82) is 0 Å². The van der Waals surface area contributed by atoms with Crippen LogP contribution < -0.4 is 10.6 Å². The van der Waals surface area contributed by atoms with Gasteiger partial charge in [0, 0.05) is 25.7 Å². The number of halogens is 1. The van der Waals surface area contributed by atoms with Gasteiger partial charge in [0.2, 0.25) is 5.82 Å². The highest BCUT2D eigenvalue weighted by Crippen LogP contribution is 2.30. The maximum atomic E-state index is 13.7. The molecular formula is C26H30FN9OS. The third-order valence-corrected chi connectivity index (χ3v) is 7.67. The van der Waals surface area contributed by atoms with Crippen molar-refractivity contribution >= 4 is 28.1 Å². The first-order valence-corrected chi connectivity index (χ1v) is 13.8. The molecule has 1 aliphatic carbocycles. The highest BCUT2D eigenvalue weighted by Gasteiger charge is 2.21. The summed E-state index contributed by atoms with van der Waals surface area (Å²) in [5.41, 5.74) is 1.99. The minimum absolute atomic E-state index is 0.228. The van der Waals surface area contributed by atoms with E-state index in [0.29, 0.717) is 29.6 Å². The molecule has 0 unspecified atom stereocenters. The summed E-state index contributed by atoms with van der Waals surface area (Å²) in [6, 6.07) is 14.1. The standard InChI is InChI=1S/C26H30FN9OS/c27-19-6-8-20(9-7-19)29-23-14-18(17-35-10-12-37-13-11-35)15-24(30-23)31-26-28-16-22(38-26)25-32-34-36(33-25)21-4-2-1-3-5-21/h1-5,14-16,19-20H,6-13,17H2,(H2,28,29,30,31)/t19-,20-. The Bertz CT molecular complexity index is 1330. The Hall–Kier alpha value is -3.48. The molecule has 10 nitrogen and oxygen atoms in total. The van der Waals surface area contributed by atoms with E-state index >= 15 is 0 Å². The zero-order valence-corrected chi connectivity index (χ0v) is 21.8. The molecule has 0 radical (unpaired) electrons. The lowest BCUT2D eigenvalue weighted by Gasteiger charge is -2.28. The summed E-state index contributed by atoms with van der Waals surface area (Å²) in [5, 5.41) is 20.5. The van der Waals surface area contributed by atoms with Gasteiger partial charge in [-0.3, -0.25) is 4.90 Å². The highest BCUT2D eigenvalue weighted by atomic mass is 32.1. The Labute approximate surface area is 224 Å². The van der Waals surface area contributed by atoms with Crippen LogP contribution >= 0.6 is 11.3 Å². The number of hydrogen-bond acceptors (Lipinski definition) is 10. The molecule has 4 heterocycles. The lowest BCUT2D eigenvalue weighted by atomic mass is 9.94. The predicted octanol–water partition coefficient (Wildman–Crippen LogP) is 4.45. The quantitative estimate of drug-likeness (QED) is 0.338. The number of aromatic nitrogens is 6. The number of nitrogens with zero attached hydrogens (tertiary/aromatic N) is 7. The smallest absolute Gasteiger partial charge is 0.216 e. The van der Waals surface area contributed by atoms with E-state index in [4.69, 9.17) is 9.72 Å². The molecule has 2 fully saturated rings. The first kappa shape index (κ1) is 24.8. The molecule has 1 aromatic carbocycles. The van der Waals surface area contributed by atoms with E-state index in [2.05, 4.69) is 48.1 Å². The molecule has 198 valence electrons. The fourth-order valence-corrected chi connectivity index (χ4v) is 5.52. The summed E-state index contributed by atoms with van der Waals surface area (Å²) in [6.07, 6.45) is 3.87. The number of tetrazole rings is 1. The van der Waals surface area contributed by atoms with Gasteiger partial charge in [-0.1, -0.05) is 29.5 Å². The van der Waals surface area contributed by atoms with Crippen molar-refractivity contribution in [3.8, 4) is 16.4 Å². The minimum Gasteiger partial charge on any atom is -0.379 e. The first-order chi connectivity index (χ1) is 18.7. The van der Waals surface area contributed by atoms with Crippen LogP contribution in [0.2, 0.25) is 0 Å². The van der Waals surface area contributed by atoms with Crippen molar-refractivity contribution in [2.45, 2.75) is 44.4 Å². The van der Waals surface area contributed by atoms with Crippen molar-refractivity contribution in [3.63, 3.8) is 0 Å². The monoisotopic (exact) mass is 535 g/mol. The van der Waals surface area contributed by atoms with Gasteiger partial charge in [-0.05, 0) is 60.7 Å². The van der Waals surface area contributed by atoms with E-state index < -0.39 is 6.17 Å². The molecule has 1 saturated heterocycles. The van der Waals surface area contributed by atoms with E-state index in [1.165, 1.54) is 16.1 Å². The summed E-state index contributed by atoms with van der Waals surface area (Å²) >= 11 is 1.44. The number of hydrogen-bond donors (Lipinski definition) is 2. The lowest BCUT2D eigenvalue weighted by Crippen LogP contribution is -2.35. The molecule has 12 heteroatoms. The van der Waals surface area contributed by atoms with Crippen LogP contribution in [0.25, 0.3) is 16.4 Å². The van der Waals surface area contributed by atoms with E-state index in [-0.39, 0.29) is 6.04 Å². The second-order valence-corrected chi connectivity index (χ2v) is 10.7. The number of benzene rings is 1. The van der Waals surface area contributed by atoms with Gasteiger partial charge in [-0.15, -0.1) is 15.0 Å². The van der Waals surface area contributed by atoms with Crippen LogP contribution in [0.3, 0.4) is 0 Å². The third kappa shape index (κ3) is 6.14. The normalized spacial score (nSPS) is 20.3. The van der Waals surface area contributed by atoms with Crippen LogP contribution in [0, 0.1) is 0 Å². The van der Waals surface area contributed by atoms with Crippen LogP contribution in [-0.2, 0) is 11.3 Å². The summed E-state index contributed by atoms with van der Waals surface area (Å²) < 4.78 is 19.2. The van der Waals surface area contributed by atoms with E-state index in [9.17, 15) is 4.39 Å². The Morgan fingerprint density at radius 1 is 1.03 bits per heavy atom. The minimum atomic E-state index is -0.686. The van der Waals surface area contributed by atoms with Gasteiger partial charge in [0.25, 0.3) is 0 Å². The van der Waals surface area contributed by atoms with Gasteiger partial charge in [0.05, 0.1) is 30.0 Å². The number of ether oxygens (including phenoxy) is 1. The molecule has 0 atom stereocenters. The molecule has 6 rings (SSSR count). The van der Waals surface area contributed by atoms with E-state index in [0.717, 1.165) is 67.6 Å². The number of pyridine rings is 1. The number of nitrogens with one attached hydrogen (secondary N) is 2. The molecule has 1 aliphatic heterocycles. The molecule has 3 aromatic heterocycles. The number of rotatable bonds is 8. The van der Waals surface area contributed by atoms with Crippen LogP contribution in [0.15, 0.2) is 48.7 Å².